The molecule has 2 atom stereocenters. The molecule has 0 saturated heterocycles. The number of thioether (sulfide) groups is 1. The molecule has 2 unspecified atom stereocenters. The minimum atomic E-state index is 0.0425. The van der Waals surface area contributed by atoms with Gasteiger partial charge in [-0.1, -0.05) is 17.8 Å². The van der Waals surface area contributed by atoms with E-state index in [0.717, 1.165) is 10.7 Å². The van der Waals surface area contributed by atoms with E-state index in [1.807, 2.05) is 37.0 Å². The summed E-state index contributed by atoms with van der Waals surface area (Å²) in [6.07, 6.45) is 7.37. The summed E-state index contributed by atoms with van der Waals surface area (Å²) in [7, 11) is 1.98. The van der Waals surface area contributed by atoms with Crippen molar-refractivity contribution in [2.45, 2.75) is 23.4 Å². The van der Waals surface area contributed by atoms with Crippen molar-refractivity contribution < 1.29 is 0 Å². The Hall–Kier alpha value is -1.33. The molecule has 17 heavy (non-hydrogen) atoms. The van der Waals surface area contributed by atoms with Crippen molar-refractivity contribution in [2.75, 3.05) is 0 Å². The fourth-order valence-corrected chi connectivity index (χ4v) is 2.67. The van der Waals surface area contributed by atoms with Gasteiger partial charge in [0.05, 0.1) is 5.25 Å². The van der Waals surface area contributed by atoms with Crippen LogP contribution in [0.4, 0.5) is 0 Å². The van der Waals surface area contributed by atoms with Crippen molar-refractivity contribution in [2.24, 2.45) is 12.8 Å². The lowest BCUT2D eigenvalue weighted by molar-refractivity contribution is 0.708. The molecule has 0 radical (unpaired) electrons. The number of imidazole rings is 1. The first-order valence-corrected chi connectivity index (χ1v) is 6.36. The lowest BCUT2D eigenvalue weighted by atomic mass is 10.1. The summed E-state index contributed by atoms with van der Waals surface area (Å²) in [6.45, 7) is 2.01. The smallest absolute Gasteiger partial charge is 0.168 e. The van der Waals surface area contributed by atoms with Gasteiger partial charge < -0.3 is 10.3 Å². The van der Waals surface area contributed by atoms with Gasteiger partial charge in [0.1, 0.15) is 0 Å². The van der Waals surface area contributed by atoms with Gasteiger partial charge >= 0.3 is 0 Å². The highest BCUT2D eigenvalue weighted by molar-refractivity contribution is 7.99. The first-order valence-electron chi connectivity index (χ1n) is 5.48. The molecule has 0 aliphatic rings. The van der Waals surface area contributed by atoms with E-state index in [-0.39, 0.29) is 11.3 Å². The second kappa shape index (κ2) is 5.33. The molecule has 2 aromatic heterocycles. The van der Waals surface area contributed by atoms with Gasteiger partial charge in [-0.25, -0.2) is 4.98 Å². The highest BCUT2D eigenvalue weighted by Gasteiger charge is 2.19. The fraction of sp³-hybridized carbons (Fsp3) is 0.333. The second-order valence-corrected chi connectivity index (χ2v) is 5.11. The standard InChI is InChI=1S/C12H16N4S/c1-9(13)11(10-4-3-5-14-8-10)17-12-15-6-7-16(12)2/h3-9,11H,13H2,1-2H3. The van der Waals surface area contributed by atoms with E-state index in [9.17, 15) is 0 Å². The number of pyridine rings is 1. The van der Waals surface area contributed by atoms with Crippen molar-refractivity contribution in [1.29, 1.82) is 0 Å². The molecule has 2 rings (SSSR count). The maximum Gasteiger partial charge on any atom is 0.168 e. The van der Waals surface area contributed by atoms with E-state index < -0.39 is 0 Å². The Morgan fingerprint density at radius 3 is 2.76 bits per heavy atom. The SMILES string of the molecule is CC(N)C(Sc1nccn1C)c1cccnc1. The molecule has 0 amide bonds. The van der Waals surface area contributed by atoms with Gasteiger partial charge in [-0.3, -0.25) is 4.98 Å². The highest BCUT2D eigenvalue weighted by atomic mass is 32.2. The Labute approximate surface area is 105 Å². The molecule has 5 heteroatoms. The Morgan fingerprint density at radius 2 is 2.24 bits per heavy atom. The minimum Gasteiger partial charge on any atom is -0.329 e. The molecule has 2 heterocycles. The third-order valence-corrected chi connectivity index (χ3v) is 4.06. The number of hydrogen-bond acceptors (Lipinski definition) is 4. The van der Waals surface area contributed by atoms with Crippen LogP contribution in [0.3, 0.4) is 0 Å². The molecule has 0 saturated carbocycles. The molecule has 90 valence electrons. The highest BCUT2D eigenvalue weighted by Crippen LogP contribution is 2.35. The quantitative estimate of drug-likeness (QED) is 0.841. The number of hydrogen-bond donors (Lipinski definition) is 1. The van der Waals surface area contributed by atoms with Gasteiger partial charge in [0.25, 0.3) is 0 Å². The molecule has 4 nitrogen and oxygen atoms in total. The van der Waals surface area contributed by atoms with E-state index in [0.29, 0.717) is 0 Å². The maximum atomic E-state index is 6.05. The summed E-state index contributed by atoms with van der Waals surface area (Å²) < 4.78 is 2.00. The van der Waals surface area contributed by atoms with Gasteiger partial charge in [0, 0.05) is 37.9 Å². The Kier molecular flexibility index (Phi) is 3.81. The topological polar surface area (TPSA) is 56.7 Å². The van der Waals surface area contributed by atoms with Crippen molar-refractivity contribution in [1.82, 2.24) is 14.5 Å². The molecule has 0 spiro atoms. The molecular formula is C12H16N4S. The summed E-state index contributed by atoms with van der Waals surface area (Å²) in [5, 5.41) is 1.14. The van der Waals surface area contributed by atoms with E-state index in [4.69, 9.17) is 5.73 Å². The van der Waals surface area contributed by atoms with Crippen LogP contribution in [0.15, 0.2) is 42.1 Å². The number of nitrogens with two attached hydrogens (primary N) is 1. The summed E-state index contributed by atoms with van der Waals surface area (Å²) in [5.41, 5.74) is 7.18. The number of aryl methyl sites for hydroxylation is 1. The summed E-state index contributed by atoms with van der Waals surface area (Å²) in [5.74, 6) is 0. The van der Waals surface area contributed by atoms with E-state index >= 15 is 0 Å². The lowest BCUT2D eigenvalue weighted by Crippen LogP contribution is -2.23. The Bertz CT molecular complexity index is 466. The Morgan fingerprint density at radius 1 is 1.41 bits per heavy atom. The van der Waals surface area contributed by atoms with Gasteiger partial charge in [-0.15, -0.1) is 0 Å². The van der Waals surface area contributed by atoms with Crippen molar-refractivity contribution in [3.05, 3.63) is 42.5 Å². The fourth-order valence-electron chi connectivity index (χ4n) is 1.60. The average molecular weight is 248 g/mol. The zero-order chi connectivity index (χ0) is 12.3. The molecule has 0 aliphatic heterocycles. The van der Waals surface area contributed by atoms with Crippen LogP contribution < -0.4 is 5.73 Å². The van der Waals surface area contributed by atoms with Crippen LogP contribution in [-0.2, 0) is 7.05 Å². The normalized spacial score (nSPS) is 14.5. The van der Waals surface area contributed by atoms with Gasteiger partial charge in [0.2, 0.25) is 0 Å². The van der Waals surface area contributed by atoms with Gasteiger partial charge in [-0.05, 0) is 18.6 Å². The van der Waals surface area contributed by atoms with E-state index in [1.54, 1.807) is 24.2 Å². The molecule has 0 bridgehead atoms. The number of aromatic nitrogens is 3. The predicted octanol–water partition coefficient (Wildman–Crippen LogP) is 2.00. The predicted molar refractivity (Wildman–Crippen MR) is 69.7 cm³/mol. The first-order chi connectivity index (χ1) is 8.18. The third-order valence-electron chi connectivity index (χ3n) is 2.50. The van der Waals surface area contributed by atoms with Crippen LogP contribution in [0, 0.1) is 0 Å². The van der Waals surface area contributed by atoms with E-state index in [1.165, 1.54) is 0 Å². The summed E-state index contributed by atoms with van der Waals surface area (Å²) >= 11 is 1.67. The zero-order valence-corrected chi connectivity index (χ0v) is 10.8. The molecule has 0 fully saturated rings. The van der Waals surface area contributed by atoms with Crippen molar-refractivity contribution in [3.63, 3.8) is 0 Å². The molecular weight excluding hydrogens is 232 g/mol. The maximum absolute atomic E-state index is 6.05. The Balaban J connectivity index is 2.22. The third kappa shape index (κ3) is 2.87. The van der Waals surface area contributed by atoms with Crippen molar-refractivity contribution in [3.8, 4) is 0 Å². The monoisotopic (exact) mass is 248 g/mol. The number of rotatable bonds is 4. The van der Waals surface area contributed by atoms with Crippen molar-refractivity contribution >= 4 is 11.8 Å². The van der Waals surface area contributed by atoms with Crippen LogP contribution in [0.2, 0.25) is 0 Å². The minimum absolute atomic E-state index is 0.0425. The molecule has 0 aliphatic carbocycles. The lowest BCUT2D eigenvalue weighted by Gasteiger charge is -2.19. The van der Waals surface area contributed by atoms with Crippen LogP contribution in [0.5, 0.6) is 0 Å². The molecule has 2 N–H and O–H groups in total. The van der Waals surface area contributed by atoms with Crippen LogP contribution >= 0.6 is 11.8 Å². The van der Waals surface area contributed by atoms with E-state index in [2.05, 4.69) is 16.0 Å². The number of nitrogens with zero attached hydrogens (tertiary/aromatic N) is 3. The second-order valence-electron chi connectivity index (χ2n) is 4.00. The van der Waals surface area contributed by atoms with Crippen LogP contribution in [0.25, 0.3) is 0 Å². The zero-order valence-electron chi connectivity index (χ0n) is 9.95. The van der Waals surface area contributed by atoms with Crippen LogP contribution in [-0.4, -0.2) is 20.6 Å². The van der Waals surface area contributed by atoms with Gasteiger partial charge in [0.15, 0.2) is 5.16 Å². The molecule has 2 aromatic rings. The molecule has 0 aromatic carbocycles. The van der Waals surface area contributed by atoms with Gasteiger partial charge in [-0.2, -0.15) is 0 Å². The average Bonchev–Trinajstić information content (AvgIpc) is 2.72. The summed E-state index contributed by atoms with van der Waals surface area (Å²) in [4.78, 5) is 8.46. The largest absolute Gasteiger partial charge is 0.329 e. The first kappa shape index (κ1) is 12.1. The van der Waals surface area contributed by atoms with Crippen LogP contribution in [0.1, 0.15) is 17.7 Å². The summed E-state index contributed by atoms with van der Waals surface area (Å²) in [6, 6.07) is 4.03.